The molecular weight excluding hydrogens is 370 g/mol. The minimum absolute atomic E-state index is 0.127. The summed E-state index contributed by atoms with van der Waals surface area (Å²) < 4.78 is 7.07. The number of nitrogens with zero attached hydrogens (tertiary/aromatic N) is 7. The predicted octanol–water partition coefficient (Wildman–Crippen LogP) is 1.89. The zero-order valence-corrected chi connectivity index (χ0v) is 16.8. The molecule has 2 saturated heterocycles. The number of likely N-dealkylation sites (tertiary alicyclic amines) is 1. The van der Waals surface area contributed by atoms with Gasteiger partial charge in [-0.2, -0.15) is 4.52 Å². The van der Waals surface area contributed by atoms with E-state index in [0.717, 1.165) is 60.2 Å². The van der Waals surface area contributed by atoms with Crippen LogP contribution in [0.4, 0.5) is 5.82 Å². The first kappa shape index (κ1) is 18.1. The summed E-state index contributed by atoms with van der Waals surface area (Å²) in [6.07, 6.45) is 3.29. The largest absolute Gasteiger partial charge is 0.361 e. The monoisotopic (exact) mass is 395 g/mol. The number of carbonyl (C=O) groups excluding carboxylic acids is 1. The lowest BCUT2D eigenvalue weighted by Crippen LogP contribution is -2.39. The highest BCUT2D eigenvalue weighted by Gasteiger charge is 2.28. The summed E-state index contributed by atoms with van der Waals surface area (Å²) in [5.74, 6) is 3.00. The van der Waals surface area contributed by atoms with Gasteiger partial charge in [-0.3, -0.25) is 4.79 Å². The van der Waals surface area contributed by atoms with Crippen molar-refractivity contribution in [3.8, 4) is 0 Å². The van der Waals surface area contributed by atoms with E-state index in [2.05, 4.69) is 20.3 Å². The molecule has 5 rings (SSSR count). The Morgan fingerprint density at radius 3 is 2.59 bits per heavy atom. The van der Waals surface area contributed by atoms with Gasteiger partial charge in [-0.25, -0.2) is 0 Å². The molecule has 0 unspecified atom stereocenters. The molecule has 0 spiro atoms. The van der Waals surface area contributed by atoms with Crippen molar-refractivity contribution in [3.63, 3.8) is 0 Å². The van der Waals surface area contributed by atoms with E-state index in [0.29, 0.717) is 19.5 Å². The van der Waals surface area contributed by atoms with E-state index in [-0.39, 0.29) is 11.8 Å². The average Bonchev–Trinajstić information content (AvgIpc) is 3.25. The number of anilines is 1. The van der Waals surface area contributed by atoms with Crippen LogP contribution in [-0.4, -0.2) is 62.0 Å². The van der Waals surface area contributed by atoms with Gasteiger partial charge in [-0.1, -0.05) is 5.16 Å². The first-order valence-electron chi connectivity index (χ1n) is 10.3. The van der Waals surface area contributed by atoms with Crippen LogP contribution in [0.2, 0.25) is 0 Å². The van der Waals surface area contributed by atoms with Gasteiger partial charge in [-0.05, 0) is 45.2 Å². The minimum Gasteiger partial charge on any atom is -0.361 e. The summed E-state index contributed by atoms with van der Waals surface area (Å²) >= 11 is 0. The normalized spacial score (nSPS) is 17.7. The molecule has 9 nitrogen and oxygen atoms in total. The maximum atomic E-state index is 12.7. The Labute approximate surface area is 168 Å². The Morgan fingerprint density at radius 1 is 1.14 bits per heavy atom. The van der Waals surface area contributed by atoms with E-state index in [1.54, 1.807) is 0 Å². The summed E-state index contributed by atoms with van der Waals surface area (Å²) in [7, 11) is 0. The van der Waals surface area contributed by atoms with Gasteiger partial charge < -0.3 is 14.3 Å². The van der Waals surface area contributed by atoms with Crippen LogP contribution in [0.15, 0.2) is 16.7 Å². The molecule has 0 radical (unpaired) electrons. The van der Waals surface area contributed by atoms with Gasteiger partial charge in [0.2, 0.25) is 5.91 Å². The third-order valence-electron chi connectivity index (χ3n) is 6.17. The van der Waals surface area contributed by atoms with Crippen LogP contribution >= 0.6 is 0 Å². The van der Waals surface area contributed by atoms with E-state index in [9.17, 15) is 4.79 Å². The number of rotatable bonds is 4. The number of aryl methyl sites for hydroxylation is 2. The SMILES string of the molecule is Cc1noc(C)c1CC(=O)N1CCC(c2nnc3ccc(N4CCC4)nn23)CC1. The van der Waals surface area contributed by atoms with Crippen LogP contribution in [0.25, 0.3) is 5.65 Å². The maximum Gasteiger partial charge on any atom is 0.227 e. The Balaban J connectivity index is 1.27. The first-order valence-corrected chi connectivity index (χ1v) is 10.3. The van der Waals surface area contributed by atoms with Crippen molar-refractivity contribution in [3.05, 3.63) is 35.0 Å². The molecule has 29 heavy (non-hydrogen) atoms. The maximum absolute atomic E-state index is 12.7. The van der Waals surface area contributed by atoms with Crippen LogP contribution in [-0.2, 0) is 11.2 Å². The number of hydrogen-bond donors (Lipinski definition) is 0. The fourth-order valence-electron chi connectivity index (χ4n) is 4.17. The van der Waals surface area contributed by atoms with Gasteiger partial charge in [0.25, 0.3) is 0 Å². The van der Waals surface area contributed by atoms with Crippen molar-refractivity contribution in [1.82, 2.24) is 29.9 Å². The molecule has 9 heteroatoms. The van der Waals surface area contributed by atoms with E-state index in [1.165, 1.54) is 6.42 Å². The first-order chi connectivity index (χ1) is 14.1. The molecule has 2 aliphatic rings. The van der Waals surface area contributed by atoms with Crippen molar-refractivity contribution in [1.29, 1.82) is 0 Å². The van der Waals surface area contributed by atoms with E-state index < -0.39 is 0 Å². The Kier molecular flexibility index (Phi) is 4.44. The van der Waals surface area contributed by atoms with E-state index in [4.69, 9.17) is 9.62 Å². The van der Waals surface area contributed by atoms with Gasteiger partial charge in [0.05, 0.1) is 12.1 Å². The Morgan fingerprint density at radius 2 is 1.93 bits per heavy atom. The molecule has 0 aliphatic carbocycles. The highest BCUT2D eigenvalue weighted by molar-refractivity contribution is 5.79. The molecule has 0 atom stereocenters. The minimum atomic E-state index is 0.127. The molecule has 1 amide bonds. The van der Waals surface area contributed by atoms with Gasteiger partial charge in [0.1, 0.15) is 11.6 Å². The predicted molar refractivity (Wildman–Crippen MR) is 106 cm³/mol. The highest BCUT2D eigenvalue weighted by Crippen LogP contribution is 2.28. The van der Waals surface area contributed by atoms with E-state index in [1.807, 2.05) is 35.4 Å². The number of amides is 1. The molecule has 2 aliphatic heterocycles. The highest BCUT2D eigenvalue weighted by atomic mass is 16.5. The Hall–Kier alpha value is -2.97. The molecule has 2 fully saturated rings. The summed E-state index contributed by atoms with van der Waals surface area (Å²) in [5.41, 5.74) is 2.48. The van der Waals surface area contributed by atoms with Crippen LogP contribution in [0, 0.1) is 13.8 Å². The molecule has 152 valence electrons. The third-order valence-corrected chi connectivity index (χ3v) is 6.17. The molecule has 0 aromatic carbocycles. The smallest absolute Gasteiger partial charge is 0.227 e. The lowest BCUT2D eigenvalue weighted by molar-refractivity contribution is -0.131. The van der Waals surface area contributed by atoms with Gasteiger partial charge in [0, 0.05) is 37.7 Å². The quantitative estimate of drug-likeness (QED) is 0.666. The van der Waals surface area contributed by atoms with Gasteiger partial charge in [-0.15, -0.1) is 15.3 Å². The summed E-state index contributed by atoms with van der Waals surface area (Å²) in [6, 6.07) is 4.00. The molecule has 0 bridgehead atoms. The van der Waals surface area contributed by atoms with Gasteiger partial charge >= 0.3 is 0 Å². The number of fused-ring (bicyclic) bond motifs is 1. The standard InChI is InChI=1S/C20H25N7O2/c1-13-16(14(2)29-24-13)12-19(28)26-10-6-15(7-11-26)20-22-21-17-4-5-18(23-27(17)20)25-8-3-9-25/h4-5,15H,3,6-12H2,1-2H3. The van der Waals surface area contributed by atoms with Crippen LogP contribution < -0.4 is 4.90 Å². The zero-order chi connectivity index (χ0) is 20.0. The molecule has 3 aromatic rings. The Bertz CT molecular complexity index is 1020. The third kappa shape index (κ3) is 3.24. The van der Waals surface area contributed by atoms with Crippen LogP contribution in [0.5, 0.6) is 0 Å². The number of piperidine rings is 1. The zero-order valence-electron chi connectivity index (χ0n) is 16.8. The lowest BCUT2D eigenvalue weighted by Gasteiger charge is -2.32. The fraction of sp³-hybridized carbons (Fsp3) is 0.550. The molecule has 5 heterocycles. The average molecular weight is 395 g/mol. The summed E-state index contributed by atoms with van der Waals surface area (Å²) in [4.78, 5) is 16.9. The second-order valence-corrected chi connectivity index (χ2v) is 7.99. The molecule has 3 aromatic heterocycles. The van der Waals surface area contributed by atoms with Gasteiger partial charge in [0.15, 0.2) is 11.5 Å². The number of hydrogen-bond acceptors (Lipinski definition) is 7. The molecular formula is C20H25N7O2. The van der Waals surface area contributed by atoms with E-state index >= 15 is 0 Å². The van der Waals surface area contributed by atoms with Crippen molar-refractivity contribution in [2.24, 2.45) is 0 Å². The van der Waals surface area contributed by atoms with Crippen LogP contribution in [0.3, 0.4) is 0 Å². The van der Waals surface area contributed by atoms with Crippen LogP contribution in [0.1, 0.15) is 48.0 Å². The lowest BCUT2D eigenvalue weighted by atomic mass is 9.95. The number of aromatic nitrogens is 5. The fourth-order valence-corrected chi connectivity index (χ4v) is 4.17. The molecule has 0 N–H and O–H groups in total. The second kappa shape index (κ2) is 7.13. The van der Waals surface area contributed by atoms with Crippen molar-refractivity contribution in [2.75, 3.05) is 31.1 Å². The summed E-state index contributed by atoms with van der Waals surface area (Å²) in [6.45, 7) is 7.28. The molecule has 0 saturated carbocycles. The van der Waals surface area contributed by atoms with Crippen molar-refractivity contribution in [2.45, 2.75) is 45.4 Å². The van der Waals surface area contributed by atoms with Crippen molar-refractivity contribution < 1.29 is 9.32 Å². The topological polar surface area (TPSA) is 92.7 Å². The number of carbonyl (C=O) groups is 1. The van der Waals surface area contributed by atoms with Crippen molar-refractivity contribution >= 4 is 17.4 Å². The summed E-state index contributed by atoms with van der Waals surface area (Å²) in [5, 5.41) is 17.4. The second-order valence-electron chi connectivity index (χ2n) is 7.99.